The molecule has 1 unspecified atom stereocenters. The SMILES string of the molecule is C=CC(=O)NC1C=C(c2ncnc3[nH]cc(-c4ccccc4)c23)CC1. The van der Waals surface area contributed by atoms with Crippen LogP contribution in [0.3, 0.4) is 0 Å². The lowest BCUT2D eigenvalue weighted by Crippen LogP contribution is -2.30. The Morgan fingerprint density at radius 2 is 2.12 bits per heavy atom. The van der Waals surface area contributed by atoms with Crippen LogP contribution >= 0.6 is 0 Å². The number of nitrogens with zero attached hydrogens (tertiary/aromatic N) is 2. The quantitative estimate of drug-likeness (QED) is 0.720. The topological polar surface area (TPSA) is 70.7 Å². The maximum Gasteiger partial charge on any atom is 0.243 e. The average molecular weight is 330 g/mol. The smallest absolute Gasteiger partial charge is 0.243 e. The van der Waals surface area contributed by atoms with Gasteiger partial charge in [0, 0.05) is 17.8 Å². The van der Waals surface area contributed by atoms with Gasteiger partial charge in [-0.05, 0) is 30.1 Å². The van der Waals surface area contributed by atoms with Crippen LogP contribution in [0.5, 0.6) is 0 Å². The highest BCUT2D eigenvalue weighted by Gasteiger charge is 2.22. The van der Waals surface area contributed by atoms with Crippen LogP contribution in [0.25, 0.3) is 27.7 Å². The van der Waals surface area contributed by atoms with Crippen molar-refractivity contribution in [2.24, 2.45) is 0 Å². The lowest BCUT2D eigenvalue weighted by atomic mass is 10.0. The van der Waals surface area contributed by atoms with Crippen LogP contribution in [-0.2, 0) is 4.79 Å². The Kier molecular flexibility index (Phi) is 3.90. The van der Waals surface area contributed by atoms with E-state index in [1.807, 2.05) is 24.4 Å². The van der Waals surface area contributed by atoms with E-state index in [2.05, 4.69) is 45.1 Å². The van der Waals surface area contributed by atoms with Gasteiger partial charge in [-0.2, -0.15) is 0 Å². The zero-order valence-corrected chi connectivity index (χ0v) is 13.7. The number of aromatic nitrogens is 3. The number of hydrogen-bond donors (Lipinski definition) is 2. The molecule has 2 N–H and O–H groups in total. The molecule has 5 heteroatoms. The van der Waals surface area contributed by atoms with Gasteiger partial charge in [-0.25, -0.2) is 9.97 Å². The molecule has 4 rings (SSSR count). The number of fused-ring (bicyclic) bond motifs is 1. The number of H-pyrrole nitrogens is 1. The summed E-state index contributed by atoms with van der Waals surface area (Å²) in [6, 6.07) is 10.2. The molecule has 1 aromatic carbocycles. The first kappa shape index (κ1) is 15.3. The second-order valence-electron chi connectivity index (χ2n) is 6.06. The highest BCUT2D eigenvalue weighted by atomic mass is 16.1. The number of hydrogen-bond acceptors (Lipinski definition) is 3. The summed E-state index contributed by atoms with van der Waals surface area (Å²) in [5.41, 5.74) is 5.10. The van der Waals surface area contributed by atoms with Crippen molar-refractivity contribution in [2.45, 2.75) is 18.9 Å². The molecule has 124 valence electrons. The Bertz CT molecular complexity index is 972. The van der Waals surface area contributed by atoms with E-state index >= 15 is 0 Å². The van der Waals surface area contributed by atoms with E-state index in [0.29, 0.717) is 0 Å². The Morgan fingerprint density at radius 1 is 1.28 bits per heavy atom. The van der Waals surface area contributed by atoms with Crippen LogP contribution in [0.4, 0.5) is 0 Å². The molecule has 25 heavy (non-hydrogen) atoms. The van der Waals surface area contributed by atoms with Crippen LogP contribution in [0.2, 0.25) is 0 Å². The van der Waals surface area contributed by atoms with Crippen LogP contribution in [-0.4, -0.2) is 26.9 Å². The molecular weight excluding hydrogens is 312 g/mol. The van der Waals surface area contributed by atoms with E-state index in [0.717, 1.165) is 46.3 Å². The number of amides is 1. The number of carbonyl (C=O) groups is 1. The molecule has 0 saturated heterocycles. The van der Waals surface area contributed by atoms with Gasteiger partial charge in [0.05, 0.1) is 11.1 Å². The minimum absolute atomic E-state index is 0.0182. The molecule has 1 atom stereocenters. The second kappa shape index (κ2) is 6.36. The molecule has 0 radical (unpaired) electrons. The average Bonchev–Trinajstić information content (AvgIpc) is 3.29. The normalized spacial score (nSPS) is 16.6. The fraction of sp³-hybridized carbons (Fsp3) is 0.150. The summed E-state index contributed by atoms with van der Waals surface area (Å²) < 4.78 is 0. The van der Waals surface area contributed by atoms with Crippen LogP contribution in [0.1, 0.15) is 18.5 Å². The number of rotatable bonds is 4. The zero-order valence-electron chi connectivity index (χ0n) is 13.7. The molecule has 0 spiro atoms. The van der Waals surface area contributed by atoms with Gasteiger partial charge in [-0.15, -0.1) is 0 Å². The summed E-state index contributed by atoms with van der Waals surface area (Å²) in [6.07, 6.45) is 8.68. The van der Waals surface area contributed by atoms with Gasteiger partial charge in [0.15, 0.2) is 0 Å². The summed E-state index contributed by atoms with van der Waals surface area (Å²) in [5, 5.41) is 3.96. The first-order valence-electron chi connectivity index (χ1n) is 8.28. The van der Waals surface area contributed by atoms with E-state index in [4.69, 9.17) is 0 Å². The first-order valence-corrected chi connectivity index (χ1v) is 8.28. The van der Waals surface area contributed by atoms with Gasteiger partial charge in [0.25, 0.3) is 0 Å². The molecule has 1 aliphatic rings. The van der Waals surface area contributed by atoms with Crippen molar-refractivity contribution >= 4 is 22.5 Å². The van der Waals surface area contributed by atoms with E-state index in [1.54, 1.807) is 6.33 Å². The van der Waals surface area contributed by atoms with Crippen molar-refractivity contribution in [1.82, 2.24) is 20.3 Å². The summed E-state index contributed by atoms with van der Waals surface area (Å²) in [7, 11) is 0. The molecule has 1 amide bonds. The molecule has 0 saturated carbocycles. The van der Waals surface area contributed by atoms with E-state index < -0.39 is 0 Å². The standard InChI is InChI=1S/C20H18N4O/c1-2-17(25)24-15-9-8-14(10-15)19-18-16(13-6-4-3-5-7-13)11-21-20(18)23-12-22-19/h2-7,10-12,15H,1,8-9H2,(H,24,25)(H,21,22,23). The molecule has 2 aromatic heterocycles. The van der Waals surface area contributed by atoms with E-state index in [-0.39, 0.29) is 11.9 Å². The monoisotopic (exact) mass is 330 g/mol. The molecule has 2 heterocycles. The number of carbonyl (C=O) groups excluding carboxylic acids is 1. The van der Waals surface area contributed by atoms with Gasteiger partial charge in [-0.1, -0.05) is 43.0 Å². The summed E-state index contributed by atoms with van der Waals surface area (Å²) >= 11 is 0. The van der Waals surface area contributed by atoms with Gasteiger partial charge in [-0.3, -0.25) is 4.79 Å². The lowest BCUT2D eigenvalue weighted by Gasteiger charge is -2.07. The Labute approximate surface area is 145 Å². The molecule has 0 fully saturated rings. The number of allylic oxidation sites excluding steroid dienone is 1. The first-order chi connectivity index (χ1) is 12.3. The Balaban J connectivity index is 1.78. The van der Waals surface area contributed by atoms with Gasteiger partial charge < -0.3 is 10.3 Å². The summed E-state index contributed by atoms with van der Waals surface area (Å²) in [4.78, 5) is 23.7. The molecular formula is C20H18N4O. The molecule has 3 aromatic rings. The van der Waals surface area contributed by atoms with Crippen molar-refractivity contribution in [3.05, 3.63) is 67.3 Å². The highest BCUT2D eigenvalue weighted by Crippen LogP contribution is 2.36. The maximum absolute atomic E-state index is 11.5. The second-order valence-corrected chi connectivity index (χ2v) is 6.06. The van der Waals surface area contributed by atoms with Crippen molar-refractivity contribution in [2.75, 3.05) is 0 Å². The molecule has 1 aliphatic carbocycles. The zero-order chi connectivity index (χ0) is 17.2. The molecule has 5 nitrogen and oxygen atoms in total. The predicted octanol–water partition coefficient (Wildman–Crippen LogP) is 3.47. The van der Waals surface area contributed by atoms with Gasteiger partial charge in [0.2, 0.25) is 5.91 Å². The minimum atomic E-state index is -0.151. The molecule has 0 aliphatic heterocycles. The van der Waals surface area contributed by atoms with Crippen LogP contribution in [0, 0.1) is 0 Å². The highest BCUT2D eigenvalue weighted by molar-refractivity contribution is 6.00. The third-order valence-electron chi connectivity index (χ3n) is 4.50. The Hall–Kier alpha value is -3.21. The van der Waals surface area contributed by atoms with Crippen LogP contribution < -0.4 is 5.32 Å². The molecule has 0 bridgehead atoms. The fourth-order valence-electron chi connectivity index (χ4n) is 3.33. The van der Waals surface area contributed by atoms with Gasteiger partial charge in [0.1, 0.15) is 12.0 Å². The number of nitrogens with one attached hydrogen (secondary N) is 2. The van der Waals surface area contributed by atoms with Crippen molar-refractivity contribution in [3.63, 3.8) is 0 Å². The van der Waals surface area contributed by atoms with Crippen molar-refractivity contribution in [1.29, 1.82) is 0 Å². The predicted molar refractivity (Wildman–Crippen MR) is 98.7 cm³/mol. The third-order valence-corrected chi connectivity index (χ3v) is 4.50. The fourth-order valence-corrected chi connectivity index (χ4v) is 3.33. The largest absolute Gasteiger partial charge is 0.346 e. The summed E-state index contributed by atoms with van der Waals surface area (Å²) in [6.45, 7) is 3.50. The Morgan fingerprint density at radius 3 is 2.92 bits per heavy atom. The van der Waals surface area contributed by atoms with Gasteiger partial charge >= 0.3 is 0 Å². The maximum atomic E-state index is 11.5. The van der Waals surface area contributed by atoms with Crippen molar-refractivity contribution in [3.8, 4) is 11.1 Å². The number of benzene rings is 1. The van der Waals surface area contributed by atoms with E-state index in [1.165, 1.54) is 6.08 Å². The van der Waals surface area contributed by atoms with Crippen molar-refractivity contribution < 1.29 is 4.79 Å². The van der Waals surface area contributed by atoms with Crippen LogP contribution in [0.15, 0.2) is 61.6 Å². The minimum Gasteiger partial charge on any atom is -0.346 e. The number of aromatic amines is 1. The summed E-state index contributed by atoms with van der Waals surface area (Å²) in [5.74, 6) is -0.151. The third kappa shape index (κ3) is 2.85. The lowest BCUT2D eigenvalue weighted by molar-refractivity contribution is -0.116. The van der Waals surface area contributed by atoms with E-state index in [9.17, 15) is 4.79 Å².